The molecule has 0 spiro atoms. The SMILES string of the molecule is O=S(=O)([O-])CCCCCCCCCCCCN(C(F)(F)F)C(F)(F)F.[Na+]. The van der Waals surface area contributed by atoms with Crippen LogP contribution < -0.4 is 29.6 Å². The van der Waals surface area contributed by atoms with Crippen molar-refractivity contribution >= 4 is 10.1 Å². The van der Waals surface area contributed by atoms with Gasteiger partial charge in [0.1, 0.15) is 0 Å². The summed E-state index contributed by atoms with van der Waals surface area (Å²) in [6, 6.07) is 0. The number of hydrogen-bond acceptors (Lipinski definition) is 4. The van der Waals surface area contributed by atoms with Crippen LogP contribution in [0.2, 0.25) is 0 Å². The van der Waals surface area contributed by atoms with E-state index < -0.39 is 34.2 Å². The van der Waals surface area contributed by atoms with E-state index in [0.29, 0.717) is 25.7 Å². The second-order valence-corrected chi connectivity index (χ2v) is 7.41. The van der Waals surface area contributed by atoms with Crippen LogP contribution in [0.5, 0.6) is 0 Å². The van der Waals surface area contributed by atoms with Gasteiger partial charge in [-0.1, -0.05) is 51.4 Å². The number of nitrogens with zero attached hydrogens (tertiary/aromatic N) is 1. The van der Waals surface area contributed by atoms with Gasteiger partial charge < -0.3 is 4.55 Å². The molecule has 4 nitrogen and oxygen atoms in total. The summed E-state index contributed by atoms with van der Waals surface area (Å²) >= 11 is 0. The Labute approximate surface area is 172 Å². The van der Waals surface area contributed by atoms with Gasteiger partial charge in [0.15, 0.2) is 0 Å². The standard InChI is InChI=1S/C14H25F6NO3S.Na/c15-13(16,17)21(14(18,19)20)11-9-7-5-3-1-2-4-6-8-10-12-25(22,23)24;/h1-12H2,(H,22,23,24);/q;+1/p-1. The fourth-order valence-corrected chi connectivity index (χ4v) is 2.92. The van der Waals surface area contributed by atoms with E-state index in [-0.39, 0.29) is 41.7 Å². The zero-order chi connectivity index (χ0) is 19.6. The van der Waals surface area contributed by atoms with Crippen molar-refractivity contribution in [3.63, 3.8) is 0 Å². The predicted octanol–water partition coefficient (Wildman–Crippen LogP) is 1.78. The van der Waals surface area contributed by atoms with Gasteiger partial charge in [-0.2, -0.15) is 26.3 Å². The molecule has 0 saturated carbocycles. The molecule has 0 amide bonds. The smallest absolute Gasteiger partial charge is 0.748 e. The van der Waals surface area contributed by atoms with E-state index in [4.69, 9.17) is 0 Å². The molecule has 0 radical (unpaired) electrons. The maximum absolute atomic E-state index is 12.2. The summed E-state index contributed by atoms with van der Waals surface area (Å²) in [5.41, 5.74) is 0. The van der Waals surface area contributed by atoms with Gasteiger partial charge in [-0.3, -0.25) is 0 Å². The van der Waals surface area contributed by atoms with E-state index in [0.717, 1.165) is 32.1 Å². The fraction of sp³-hybridized carbons (Fsp3) is 1.00. The van der Waals surface area contributed by atoms with Gasteiger partial charge in [0.05, 0.1) is 10.1 Å². The third-order valence-corrected chi connectivity index (χ3v) is 4.43. The van der Waals surface area contributed by atoms with Gasteiger partial charge in [0.25, 0.3) is 0 Å². The third-order valence-electron chi connectivity index (χ3n) is 3.64. The summed E-state index contributed by atoms with van der Waals surface area (Å²) in [5, 5.41) is 0. The van der Waals surface area contributed by atoms with Gasteiger partial charge in [0.2, 0.25) is 0 Å². The van der Waals surface area contributed by atoms with Crippen molar-refractivity contribution in [3.8, 4) is 0 Å². The van der Waals surface area contributed by atoms with E-state index in [2.05, 4.69) is 0 Å². The molecule has 0 aliphatic rings. The molecule has 0 rings (SSSR count). The van der Waals surface area contributed by atoms with Crippen LogP contribution in [-0.4, -0.2) is 42.8 Å². The fourth-order valence-electron chi connectivity index (χ4n) is 2.36. The molecule has 0 aliphatic heterocycles. The summed E-state index contributed by atoms with van der Waals surface area (Å²) in [4.78, 5) is -1.40. The molecule has 0 aromatic rings. The Bertz CT molecular complexity index is 443. The molecule has 0 bridgehead atoms. The van der Waals surface area contributed by atoms with E-state index in [1.54, 1.807) is 0 Å². The Kier molecular flexibility index (Phi) is 15.0. The Morgan fingerprint density at radius 3 is 1.27 bits per heavy atom. The molecule has 0 fully saturated rings. The second kappa shape index (κ2) is 13.6. The Balaban J connectivity index is 0. The van der Waals surface area contributed by atoms with Crippen LogP contribution in [0.25, 0.3) is 0 Å². The zero-order valence-corrected chi connectivity index (χ0v) is 17.6. The predicted molar refractivity (Wildman–Crippen MR) is 79.6 cm³/mol. The minimum Gasteiger partial charge on any atom is -0.748 e. The quantitative estimate of drug-likeness (QED) is 0.149. The average molecular weight is 423 g/mol. The van der Waals surface area contributed by atoms with Gasteiger partial charge >= 0.3 is 42.2 Å². The Hall–Kier alpha value is 0.450. The van der Waals surface area contributed by atoms with Gasteiger partial charge in [-0.05, 0) is 12.8 Å². The molecular weight excluding hydrogens is 399 g/mol. The maximum atomic E-state index is 12.2. The molecule has 26 heavy (non-hydrogen) atoms. The Morgan fingerprint density at radius 2 is 0.962 bits per heavy atom. The summed E-state index contributed by atoms with van der Waals surface area (Å²) in [6.45, 7) is -1.09. The maximum Gasteiger partial charge on any atom is 1.00 e. The molecule has 0 aliphatic carbocycles. The van der Waals surface area contributed by atoms with Crippen LogP contribution in [0.3, 0.4) is 0 Å². The van der Waals surface area contributed by atoms with Crippen LogP contribution in [0.4, 0.5) is 26.3 Å². The summed E-state index contributed by atoms with van der Waals surface area (Å²) < 4.78 is 105. The minimum absolute atomic E-state index is 0. The van der Waals surface area contributed by atoms with Gasteiger partial charge in [-0.15, -0.1) is 4.90 Å². The second-order valence-electron chi connectivity index (χ2n) is 5.88. The van der Waals surface area contributed by atoms with E-state index in [9.17, 15) is 39.3 Å². The van der Waals surface area contributed by atoms with Crippen LogP contribution in [0, 0.1) is 0 Å². The van der Waals surface area contributed by atoms with Crippen molar-refractivity contribution in [2.45, 2.75) is 76.8 Å². The minimum atomic E-state index is -5.41. The largest absolute Gasteiger partial charge is 1.00 e. The van der Waals surface area contributed by atoms with E-state index >= 15 is 0 Å². The van der Waals surface area contributed by atoms with Crippen molar-refractivity contribution in [1.82, 2.24) is 4.90 Å². The number of unbranched alkanes of at least 4 members (excludes halogenated alkanes) is 9. The molecule has 0 unspecified atom stereocenters. The topological polar surface area (TPSA) is 60.4 Å². The summed E-state index contributed by atoms with van der Waals surface area (Å²) in [5.74, 6) is -0.361. The summed E-state index contributed by atoms with van der Waals surface area (Å²) in [6.07, 6.45) is -5.10. The Morgan fingerprint density at radius 1 is 0.654 bits per heavy atom. The molecule has 0 aromatic carbocycles. The van der Waals surface area contributed by atoms with Gasteiger partial charge in [-0.25, -0.2) is 8.42 Å². The molecule has 0 atom stereocenters. The van der Waals surface area contributed by atoms with Crippen molar-refractivity contribution < 1.29 is 68.9 Å². The molecule has 12 heteroatoms. The first kappa shape index (κ1) is 28.7. The van der Waals surface area contributed by atoms with Gasteiger partial charge in [0, 0.05) is 12.3 Å². The van der Waals surface area contributed by atoms with Crippen molar-refractivity contribution in [2.75, 3.05) is 12.3 Å². The molecule has 0 saturated heterocycles. The van der Waals surface area contributed by atoms with Crippen LogP contribution in [0.15, 0.2) is 0 Å². The van der Waals surface area contributed by atoms with Crippen LogP contribution in [-0.2, 0) is 10.1 Å². The average Bonchev–Trinajstić information content (AvgIpc) is 2.39. The molecule has 152 valence electrons. The molecular formula is C14H24F6NNaO3S. The first-order chi connectivity index (χ1) is 11.3. The van der Waals surface area contributed by atoms with Crippen LogP contribution in [0.1, 0.15) is 64.2 Å². The van der Waals surface area contributed by atoms with Crippen LogP contribution >= 0.6 is 0 Å². The number of rotatable bonds is 13. The molecule has 0 heterocycles. The van der Waals surface area contributed by atoms with Crippen molar-refractivity contribution in [1.29, 1.82) is 0 Å². The van der Waals surface area contributed by atoms with Crippen molar-refractivity contribution in [3.05, 3.63) is 0 Å². The zero-order valence-electron chi connectivity index (χ0n) is 14.8. The molecule has 0 N–H and O–H groups in total. The van der Waals surface area contributed by atoms with Crippen molar-refractivity contribution in [2.24, 2.45) is 0 Å². The monoisotopic (exact) mass is 423 g/mol. The summed E-state index contributed by atoms with van der Waals surface area (Å²) in [7, 11) is -4.15. The normalized spacial score (nSPS) is 13.1. The third kappa shape index (κ3) is 16.6. The number of hydrogen-bond donors (Lipinski definition) is 0. The first-order valence-corrected chi connectivity index (χ1v) is 9.76. The van der Waals surface area contributed by atoms with E-state index in [1.165, 1.54) is 0 Å². The van der Waals surface area contributed by atoms with E-state index in [1.807, 2.05) is 0 Å². The number of alkyl halides is 6. The molecule has 0 aromatic heterocycles. The first-order valence-electron chi connectivity index (χ1n) is 8.19. The number of halogens is 6.